The summed E-state index contributed by atoms with van der Waals surface area (Å²) in [6, 6.07) is 14.6. The summed E-state index contributed by atoms with van der Waals surface area (Å²) >= 11 is 5.81. The molecule has 2 amide bonds. The second kappa shape index (κ2) is 13.8. The highest BCUT2D eigenvalue weighted by Crippen LogP contribution is 2.38. The zero-order chi connectivity index (χ0) is 32.1. The van der Waals surface area contributed by atoms with Crippen LogP contribution in [0.1, 0.15) is 43.0 Å². The van der Waals surface area contributed by atoms with E-state index in [0.717, 1.165) is 23.3 Å². The van der Waals surface area contributed by atoms with E-state index in [9.17, 15) is 31.2 Å². The lowest BCUT2D eigenvalue weighted by molar-refractivity contribution is -0.139. The molecule has 1 atom stereocenters. The van der Waals surface area contributed by atoms with Gasteiger partial charge in [0, 0.05) is 13.1 Å². The number of rotatable bonds is 11. The van der Waals surface area contributed by atoms with Gasteiger partial charge in [0.25, 0.3) is 10.0 Å². The first-order valence-corrected chi connectivity index (χ1v) is 15.4. The van der Waals surface area contributed by atoms with Gasteiger partial charge in [0.2, 0.25) is 11.8 Å². The first kappa shape index (κ1) is 33.9. The molecule has 0 aliphatic heterocycles. The number of hydrogen-bond donors (Lipinski definition) is 1. The molecular weight excluding hydrogens is 603 g/mol. The Kier molecular flexibility index (Phi) is 10.9. The SMILES string of the molecule is Cc1ccc(CN(C(=O)CN(c2ccc(Cl)c(C(F)(F)F)c2)S(=O)(=O)c2ccc(C)cc2)C(C)C(=O)NCC(C)C)cc1. The smallest absolute Gasteiger partial charge is 0.354 e. The highest BCUT2D eigenvalue weighted by Gasteiger charge is 2.37. The molecule has 0 bridgehead atoms. The molecule has 0 aliphatic rings. The van der Waals surface area contributed by atoms with Crippen LogP contribution in [-0.4, -0.2) is 44.3 Å². The van der Waals surface area contributed by atoms with Crippen LogP contribution < -0.4 is 9.62 Å². The molecule has 0 fully saturated rings. The Morgan fingerprint density at radius 1 is 0.907 bits per heavy atom. The van der Waals surface area contributed by atoms with E-state index in [-0.39, 0.29) is 17.4 Å². The maximum absolute atomic E-state index is 14.0. The van der Waals surface area contributed by atoms with Gasteiger partial charge in [0.15, 0.2) is 0 Å². The number of alkyl halides is 3. The number of nitrogens with one attached hydrogen (secondary N) is 1. The van der Waals surface area contributed by atoms with Crippen LogP contribution in [0.3, 0.4) is 0 Å². The van der Waals surface area contributed by atoms with Crippen molar-refractivity contribution in [2.24, 2.45) is 5.92 Å². The maximum Gasteiger partial charge on any atom is 0.417 e. The first-order valence-electron chi connectivity index (χ1n) is 13.6. The van der Waals surface area contributed by atoms with Gasteiger partial charge < -0.3 is 10.2 Å². The third-order valence-corrected chi connectivity index (χ3v) is 8.87. The summed E-state index contributed by atoms with van der Waals surface area (Å²) < 4.78 is 69.7. The Hall–Kier alpha value is -3.57. The second-order valence-corrected chi connectivity index (χ2v) is 13.1. The minimum Gasteiger partial charge on any atom is -0.354 e. The van der Waals surface area contributed by atoms with E-state index in [4.69, 9.17) is 11.6 Å². The Morgan fingerprint density at radius 3 is 2.00 bits per heavy atom. The summed E-state index contributed by atoms with van der Waals surface area (Å²) in [4.78, 5) is 28.0. The summed E-state index contributed by atoms with van der Waals surface area (Å²) in [6.45, 7) is 8.43. The highest BCUT2D eigenvalue weighted by molar-refractivity contribution is 7.92. The van der Waals surface area contributed by atoms with Crippen LogP contribution in [-0.2, 0) is 32.3 Å². The maximum atomic E-state index is 14.0. The molecule has 0 aromatic heterocycles. The average molecular weight is 638 g/mol. The lowest BCUT2D eigenvalue weighted by atomic mass is 10.1. The minimum atomic E-state index is -4.88. The Balaban J connectivity index is 2.10. The molecule has 0 radical (unpaired) electrons. The highest BCUT2D eigenvalue weighted by atomic mass is 35.5. The molecule has 0 saturated heterocycles. The van der Waals surface area contributed by atoms with Crippen LogP contribution >= 0.6 is 11.6 Å². The van der Waals surface area contributed by atoms with E-state index in [0.29, 0.717) is 22.5 Å². The van der Waals surface area contributed by atoms with Crippen molar-refractivity contribution in [1.82, 2.24) is 10.2 Å². The van der Waals surface area contributed by atoms with Gasteiger partial charge >= 0.3 is 6.18 Å². The zero-order valence-corrected chi connectivity index (χ0v) is 26.1. The van der Waals surface area contributed by atoms with Crippen molar-refractivity contribution in [2.75, 3.05) is 17.4 Å². The molecule has 3 rings (SSSR count). The Morgan fingerprint density at radius 2 is 1.47 bits per heavy atom. The number of nitrogens with zero attached hydrogens (tertiary/aromatic N) is 2. The van der Waals surface area contributed by atoms with Crippen molar-refractivity contribution in [3.05, 3.63) is 94.0 Å². The summed E-state index contributed by atoms with van der Waals surface area (Å²) in [5.41, 5.74) is 0.765. The van der Waals surface area contributed by atoms with Crippen LogP contribution in [0.25, 0.3) is 0 Å². The molecule has 0 aliphatic carbocycles. The van der Waals surface area contributed by atoms with Gasteiger partial charge in [-0.3, -0.25) is 13.9 Å². The molecule has 12 heteroatoms. The van der Waals surface area contributed by atoms with Crippen molar-refractivity contribution in [3.63, 3.8) is 0 Å². The molecule has 0 spiro atoms. The van der Waals surface area contributed by atoms with Crippen LogP contribution in [0.5, 0.6) is 0 Å². The average Bonchev–Trinajstić information content (AvgIpc) is 2.93. The lowest BCUT2D eigenvalue weighted by Crippen LogP contribution is -2.51. The van der Waals surface area contributed by atoms with Crippen LogP contribution in [0.2, 0.25) is 5.02 Å². The number of carbonyl (C=O) groups excluding carboxylic acids is 2. The molecule has 0 saturated carbocycles. The number of sulfonamides is 1. The largest absolute Gasteiger partial charge is 0.417 e. The minimum absolute atomic E-state index is 0.0395. The molecule has 232 valence electrons. The van der Waals surface area contributed by atoms with Gasteiger partial charge in [0.05, 0.1) is 21.2 Å². The fourth-order valence-electron chi connectivity index (χ4n) is 4.18. The fraction of sp³-hybridized carbons (Fsp3) is 0.355. The molecule has 3 aromatic rings. The monoisotopic (exact) mass is 637 g/mol. The molecule has 7 nitrogen and oxygen atoms in total. The van der Waals surface area contributed by atoms with Gasteiger partial charge in [-0.2, -0.15) is 13.2 Å². The van der Waals surface area contributed by atoms with Crippen LogP contribution in [0.15, 0.2) is 71.6 Å². The van der Waals surface area contributed by atoms with Crippen LogP contribution in [0.4, 0.5) is 18.9 Å². The van der Waals surface area contributed by atoms with Gasteiger partial charge in [-0.05, 0) is 62.6 Å². The fourth-order valence-corrected chi connectivity index (χ4v) is 5.81. The summed E-state index contributed by atoms with van der Waals surface area (Å²) in [6.07, 6.45) is -4.88. The Labute approximate surface area is 255 Å². The van der Waals surface area contributed by atoms with Crippen molar-refractivity contribution in [3.8, 4) is 0 Å². The number of halogens is 4. The topological polar surface area (TPSA) is 86.8 Å². The van der Waals surface area contributed by atoms with Crippen molar-refractivity contribution in [2.45, 2.75) is 58.3 Å². The predicted molar refractivity (Wildman–Crippen MR) is 161 cm³/mol. The number of hydrogen-bond acceptors (Lipinski definition) is 4. The second-order valence-electron chi connectivity index (χ2n) is 10.8. The molecule has 3 aromatic carbocycles. The van der Waals surface area contributed by atoms with E-state index in [1.54, 1.807) is 31.2 Å². The quantitative estimate of drug-likeness (QED) is 0.265. The third kappa shape index (κ3) is 8.73. The summed E-state index contributed by atoms with van der Waals surface area (Å²) in [7, 11) is -4.55. The first-order chi connectivity index (χ1) is 20.0. The van der Waals surface area contributed by atoms with Crippen molar-refractivity contribution >= 4 is 39.1 Å². The van der Waals surface area contributed by atoms with Crippen LogP contribution in [0, 0.1) is 19.8 Å². The molecular formula is C31H35ClF3N3O4S. The van der Waals surface area contributed by atoms with E-state index < -0.39 is 56.9 Å². The normalized spacial score (nSPS) is 12.6. The van der Waals surface area contributed by atoms with E-state index in [2.05, 4.69) is 5.32 Å². The molecule has 0 heterocycles. The molecule has 43 heavy (non-hydrogen) atoms. The van der Waals surface area contributed by atoms with Gasteiger partial charge in [-0.15, -0.1) is 0 Å². The summed E-state index contributed by atoms with van der Waals surface area (Å²) in [5, 5.41) is 2.17. The van der Waals surface area contributed by atoms with E-state index in [1.165, 1.54) is 24.0 Å². The standard InChI is InChI=1S/C31H35ClF3N3O4S/c1-20(2)17-36-30(40)23(5)37(18-24-10-6-21(3)7-11-24)29(39)19-38(43(41,42)26-13-8-22(4)9-14-26)25-12-15-28(32)27(16-25)31(33,34)35/h6-16,20,23H,17-19H2,1-5H3,(H,36,40). The van der Waals surface area contributed by atoms with E-state index >= 15 is 0 Å². The predicted octanol–water partition coefficient (Wildman–Crippen LogP) is 6.36. The molecule has 1 unspecified atom stereocenters. The Bertz CT molecular complexity index is 1540. The number of aryl methyl sites for hydroxylation is 2. The van der Waals surface area contributed by atoms with E-state index in [1.807, 2.05) is 32.9 Å². The van der Waals surface area contributed by atoms with Gasteiger partial charge in [-0.25, -0.2) is 8.42 Å². The van der Waals surface area contributed by atoms with Crippen molar-refractivity contribution < 1.29 is 31.2 Å². The van der Waals surface area contributed by atoms with Crippen molar-refractivity contribution in [1.29, 1.82) is 0 Å². The number of amides is 2. The summed E-state index contributed by atoms with van der Waals surface area (Å²) in [5.74, 6) is -1.10. The number of carbonyl (C=O) groups is 2. The molecule has 1 N–H and O–H groups in total. The number of anilines is 1. The third-order valence-electron chi connectivity index (χ3n) is 6.76. The van der Waals surface area contributed by atoms with Gasteiger partial charge in [0.1, 0.15) is 12.6 Å². The zero-order valence-electron chi connectivity index (χ0n) is 24.6. The lowest BCUT2D eigenvalue weighted by Gasteiger charge is -2.32. The number of benzene rings is 3. The van der Waals surface area contributed by atoms with Gasteiger partial charge in [-0.1, -0.05) is 73.0 Å².